The van der Waals surface area contributed by atoms with Gasteiger partial charge in [0.1, 0.15) is 10.8 Å². The number of ether oxygens (including phenoxy) is 1. The number of pyridine rings is 2. The van der Waals surface area contributed by atoms with Crippen molar-refractivity contribution >= 4 is 23.2 Å². The number of rotatable bonds is 3. The number of aromatic nitrogens is 2. The number of anilines is 1. The molecule has 0 atom stereocenters. The molecule has 0 bridgehead atoms. The minimum Gasteiger partial charge on any atom is -0.491 e. The SMILES string of the molecule is COc1c[nH]c(C(=O)Nc2ccc(Cl)nc2)cc1=O. The van der Waals surface area contributed by atoms with Crippen LogP contribution >= 0.6 is 11.6 Å². The minimum atomic E-state index is -0.455. The number of methoxy groups -OCH3 is 1. The molecule has 2 N–H and O–H groups in total. The Bertz CT molecular complexity index is 652. The molecule has 0 aliphatic carbocycles. The van der Waals surface area contributed by atoms with Crippen LogP contribution in [-0.2, 0) is 0 Å². The second-order valence-corrected chi connectivity index (χ2v) is 3.99. The summed E-state index contributed by atoms with van der Waals surface area (Å²) in [6.07, 6.45) is 2.75. The predicted octanol–water partition coefficient (Wildman–Crippen LogP) is 1.68. The average molecular weight is 280 g/mol. The highest BCUT2D eigenvalue weighted by atomic mass is 35.5. The third kappa shape index (κ3) is 3.11. The smallest absolute Gasteiger partial charge is 0.272 e. The van der Waals surface area contributed by atoms with Gasteiger partial charge in [-0.1, -0.05) is 11.6 Å². The molecular formula is C12H10ClN3O3. The van der Waals surface area contributed by atoms with E-state index in [1.165, 1.54) is 19.5 Å². The number of hydrogen-bond acceptors (Lipinski definition) is 4. The Labute approximate surface area is 113 Å². The van der Waals surface area contributed by atoms with Gasteiger partial charge in [0.2, 0.25) is 5.43 Å². The van der Waals surface area contributed by atoms with Crippen molar-refractivity contribution < 1.29 is 9.53 Å². The van der Waals surface area contributed by atoms with Crippen molar-refractivity contribution in [3.05, 3.63) is 51.7 Å². The molecular weight excluding hydrogens is 270 g/mol. The summed E-state index contributed by atoms with van der Waals surface area (Å²) in [6.45, 7) is 0. The molecule has 0 aliphatic heterocycles. The van der Waals surface area contributed by atoms with Crippen LogP contribution in [0.2, 0.25) is 5.15 Å². The van der Waals surface area contributed by atoms with Gasteiger partial charge in [-0.2, -0.15) is 0 Å². The van der Waals surface area contributed by atoms with Gasteiger partial charge in [-0.05, 0) is 12.1 Å². The van der Waals surface area contributed by atoms with E-state index in [2.05, 4.69) is 15.3 Å². The first-order valence-electron chi connectivity index (χ1n) is 5.30. The lowest BCUT2D eigenvalue weighted by Crippen LogP contribution is -2.17. The number of H-pyrrole nitrogens is 1. The van der Waals surface area contributed by atoms with Crippen molar-refractivity contribution in [2.24, 2.45) is 0 Å². The number of halogens is 1. The van der Waals surface area contributed by atoms with E-state index in [0.29, 0.717) is 10.8 Å². The maximum atomic E-state index is 11.9. The Morgan fingerprint density at radius 2 is 2.26 bits per heavy atom. The van der Waals surface area contributed by atoms with Crippen LogP contribution in [0.25, 0.3) is 0 Å². The second kappa shape index (κ2) is 5.53. The van der Waals surface area contributed by atoms with Gasteiger partial charge < -0.3 is 15.0 Å². The highest BCUT2D eigenvalue weighted by molar-refractivity contribution is 6.29. The number of aromatic amines is 1. The number of amides is 1. The zero-order valence-electron chi connectivity index (χ0n) is 9.94. The number of hydrogen-bond donors (Lipinski definition) is 2. The van der Waals surface area contributed by atoms with Gasteiger partial charge >= 0.3 is 0 Å². The summed E-state index contributed by atoms with van der Waals surface area (Å²) >= 11 is 5.63. The summed E-state index contributed by atoms with van der Waals surface area (Å²) in [6, 6.07) is 4.32. The fraction of sp³-hybridized carbons (Fsp3) is 0.0833. The molecule has 2 rings (SSSR count). The Hall–Kier alpha value is -2.34. The van der Waals surface area contributed by atoms with Crippen LogP contribution in [0.4, 0.5) is 5.69 Å². The molecule has 2 heterocycles. The van der Waals surface area contributed by atoms with Crippen molar-refractivity contribution in [3.63, 3.8) is 0 Å². The average Bonchev–Trinajstić information content (AvgIpc) is 2.41. The molecule has 0 spiro atoms. The first-order valence-corrected chi connectivity index (χ1v) is 5.67. The number of nitrogens with zero attached hydrogens (tertiary/aromatic N) is 1. The van der Waals surface area contributed by atoms with Gasteiger partial charge in [0.05, 0.1) is 19.0 Å². The van der Waals surface area contributed by atoms with Crippen molar-refractivity contribution in [2.75, 3.05) is 12.4 Å². The summed E-state index contributed by atoms with van der Waals surface area (Å²) in [5.74, 6) is -0.311. The molecule has 7 heteroatoms. The van der Waals surface area contributed by atoms with E-state index in [-0.39, 0.29) is 16.9 Å². The molecule has 0 aliphatic rings. The first-order chi connectivity index (χ1) is 9.10. The third-order valence-corrected chi connectivity index (χ3v) is 2.55. The van der Waals surface area contributed by atoms with E-state index in [4.69, 9.17) is 16.3 Å². The monoisotopic (exact) mass is 279 g/mol. The quantitative estimate of drug-likeness (QED) is 0.837. The molecule has 0 radical (unpaired) electrons. The van der Waals surface area contributed by atoms with Crippen molar-refractivity contribution in [3.8, 4) is 5.75 Å². The summed E-state index contributed by atoms with van der Waals surface area (Å²) in [7, 11) is 1.38. The maximum absolute atomic E-state index is 11.9. The van der Waals surface area contributed by atoms with E-state index in [0.717, 1.165) is 6.07 Å². The van der Waals surface area contributed by atoms with Crippen molar-refractivity contribution in [1.29, 1.82) is 0 Å². The fourth-order valence-corrected chi connectivity index (χ4v) is 1.51. The number of carbonyl (C=O) groups is 1. The lowest BCUT2D eigenvalue weighted by atomic mass is 10.3. The summed E-state index contributed by atoms with van der Waals surface area (Å²) in [5.41, 5.74) is 0.229. The Morgan fingerprint density at radius 3 is 2.84 bits per heavy atom. The van der Waals surface area contributed by atoms with E-state index in [1.807, 2.05) is 0 Å². The second-order valence-electron chi connectivity index (χ2n) is 3.60. The standard InChI is InChI=1S/C12H10ClN3O3/c1-19-10-6-14-8(4-9(10)17)12(18)16-7-2-3-11(13)15-5-7/h2-6H,1H3,(H,14,17)(H,16,18). The number of nitrogens with one attached hydrogen (secondary N) is 2. The van der Waals surface area contributed by atoms with Crippen LogP contribution in [0.3, 0.4) is 0 Å². The van der Waals surface area contributed by atoms with E-state index < -0.39 is 5.91 Å². The van der Waals surface area contributed by atoms with Gasteiger partial charge in [-0.25, -0.2) is 4.98 Å². The zero-order chi connectivity index (χ0) is 13.8. The molecule has 0 aromatic carbocycles. The van der Waals surface area contributed by atoms with Gasteiger partial charge in [0.15, 0.2) is 5.75 Å². The highest BCUT2D eigenvalue weighted by Crippen LogP contribution is 2.10. The lowest BCUT2D eigenvalue weighted by molar-refractivity contribution is 0.102. The van der Waals surface area contributed by atoms with Crippen molar-refractivity contribution in [2.45, 2.75) is 0 Å². The topological polar surface area (TPSA) is 84.1 Å². The molecule has 0 saturated heterocycles. The largest absolute Gasteiger partial charge is 0.491 e. The Morgan fingerprint density at radius 1 is 1.47 bits per heavy atom. The van der Waals surface area contributed by atoms with Gasteiger partial charge in [0, 0.05) is 12.3 Å². The number of carbonyl (C=O) groups excluding carboxylic acids is 1. The third-order valence-electron chi connectivity index (χ3n) is 2.33. The molecule has 0 saturated carbocycles. The fourth-order valence-electron chi connectivity index (χ4n) is 1.40. The molecule has 6 nitrogen and oxygen atoms in total. The van der Waals surface area contributed by atoms with Gasteiger partial charge in [0.25, 0.3) is 5.91 Å². The van der Waals surface area contributed by atoms with Crippen LogP contribution in [0.5, 0.6) is 5.75 Å². The van der Waals surface area contributed by atoms with E-state index in [9.17, 15) is 9.59 Å². The van der Waals surface area contributed by atoms with Crippen LogP contribution in [0.15, 0.2) is 35.4 Å². The Balaban J connectivity index is 2.18. The predicted molar refractivity (Wildman–Crippen MR) is 70.8 cm³/mol. The molecule has 2 aromatic heterocycles. The maximum Gasteiger partial charge on any atom is 0.272 e. The van der Waals surface area contributed by atoms with Crippen LogP contribution < -0.4 is 15.5 Å². The normalized spacial score (nSPS) is 10.0. The van der Waals surface area contributed by atoms with Crippen LogP contribution in [0, 0.1) is 0 Å². The molecule has 19 heavy (non-hydrogen) atoms. The molecule has 0 unspecified atom stereocenters. The van der Waals surface area contributed by atoms with Crippen LogP contribution in [0.1, 0.15) is 10.5 Å². The molecule has 1 amide bonds. The minimum absolute atomic E-state index is 0.126. The van der Waals surface area contributed by atoms with Crippen LogP contribution in [-0.4, -0.2) is 23.0 Å². The van der Waals surface area contributed by atoms with Crippen molar-refractivity contribution in [1.82, 2.24) is 9.97 Å². The first kappa shape index (κ1) is 13.1. The highest BCUT2D eigenvalue weighted by Gasteiger charge is 2.09. The zero-order valence-corrected chi connectivity index (χ0v) is 10.7. The molecule has 98 valence electrons. The molecule has 2 aromatic rings. The molecule has 0 fully saturated rings. The Kier molecular flexibility index (Phi) is 3.82. The van der Waals surface area contributed by atoms with E-state index in [1.54, 1.807) is 12.1 Å². The summed E-state index contributed by atoms with van der Waals surface area (Å²) < 4.78 is 4.81. The van der Waals surface area contributed by atoms with E-state index >= 15 is 0 Å². The summed E-state index contributed by atoms with van der Waals surface area (Å²) in [5, 5.41) is 2.91. The lowest BCUT2D eigenvalue weighted by Gasteiger charge is -2.05. The van der Waals surface area contributed by atoms with Gasteiger partial charge in [-0.3, -0.25) is 9.59 Å². The summed E-state index contributed by atoms with van der Waals surface area (Å²) in [4.78, 5) is 29.9. The van der Waals surface area contributed by atoms with Gasteiger partial charge in [-0.15, -0.1) is 0 Å².